The Hall–Kier alpha value is -1.88. The lowest BCUT2D eigenvalue weighted by Crippen LogP contribution is -2.43. The summed E-state index contributed by atoms with van der Waals surface area (Å²) < 4.78 is 2.16. The van der Waals surface area contributed by atoms with Gasteiger partial charge in [-0.25, -0.2) is 4.98 Å². The first-order valence-corrected chi connectivity index (χ1v) is 11.6. The Morgan fingerprint density at radius 3 is 2.69 bits per heavy atom. The maximum atomic E-state index is 13.4. The molecule has 1 aromatic heterocycles. The Morgan fingerprint density at radius 1 is 1.14 bits per heavy atom. The topological polar surface area (TPSA) is 41.4 Å². The van der Waals surface area contributed by atoms with E-state index in [2.05, 4.69) is 46.5 Å². The minimum atomic E-state index is 0.326. The predicted molar refractivity (Wildman–Crippen MR) is 118 cm³/mol. The van der Waals surface area contributed by atoms with Gasteiger partial charge in [0.05, 0.1) is 17.6 Å². The van der Waals surface area contributed by atoms with Crippen molar-refractivity contribution in [2.45, 2.75) is 70.9 Å². The van der Waals surface area contributed by atoms with E-state index in [-0.39, 0.29) is 0 Å². The number of nitrogens with zero attached hydrogens (tertiary/aromatic N) is 4. The first-order valence-electron chi connectivity index (χ1n) is 11.6. The molecule has 1 aliphatic heterocycles. The summed E-state index contributed by atoms with van der Waals surface area (Å²) in [5.74, 6) is 1.89. The SMILES string of the molecule is CCN1CCCC1CN(Cc1nc2ccccc2n1C)C(=O)CC1CCCCC1. The summed E-state index contributed by atoms with van der Waals surface area (Å²) in [6.45, 7) is 5.92. The van der Waals surface area contributed by atoms with Gasteiger partial charge in [0.15, 0.2) is 0 Å². The van der Waals surface area contributed by atoms with Gasteiger partial charge in [0.2, 0.25) is 5.91 Å². The van der Waals surface area contributed by atoms with Crippen LogP contribution in [0.25, 0.3) is 11.0 Å². The standard InChI is InChI=1S/C24H36N4O/c1-3-27-15-9-12-20(27)17-28(24(29)16-19-10-5-4-6-11-19)18-23-25-21-13-7-8-14-22(21)26(23)2/h7-8,13-14,19-20H,3-6,9-12,15-18H2,1-2H3. The average Bonchev–Trinajstić information content (AvgIpc) is 3.32. The summed E-state index contributed by atoms with van der Waals surface area (Å²) in [6, 6.07) is 8.74. The molecule has 0 N–H and O–H groups in total. The number of imidazole rings is 1. The summed E-state index contributed by atoms with van der Waals surface area (Å²) in [6.07, 6.45) is 9.50. The van der Waals surface area contributed by atoms with Crippen molar-refractivity contribution in [1.29, 1.82) is 0 Å². The highest BCUT2D eigenvalue weighted by atomic mass is 16.2. The molecule has 5 nitrogen and oxygen atoms in total. The van der Waals surface area contributed by atoms with E-state index in [0.717, 1.165) is 36.5 Å². The maximum absolute atomic E-state index is 13.4. The summed E-state index contributed by atoms with van der Waals surface area (Å²) in [7, 11) is 2.07. The highest BCUT2D eigenvalue weighted by Gasteiger charge is 2.29. The second-order valence-corrected chi connectivity index (χ2v) is 8.98. The van der Waals surface area contributed by atoms with Gasteiger partial charge in [-0.15, -0.1) is 0 Å². The fraction of sp³-hybridized carbons (Fsp3) is 0.667. The third kappa shape index (κ3) is 4.66. The summed E-state index contributed by atoms with van der Waals surface area (Å²) >= 11 is 0. The van der Waals surface area contributed by atoms with Crippen molar-refractivity contribution in [2.75, 3.05) is 19.6 Å². The second-order valence-electron chi connectivity index (χ2n) is 8.98. The number of hydrogen-bond donors (Lipinski definition) is 0. The van der Waals surface area contributed by atoms with E-state index in [4.69, 9.17) is 4.98 Å². The minimum absolute atomic E-state index is 0.326. The lowest BCUT2D eigenvalue weighted by atomic mass is 9.86. The Morgan fingerprint density at radius 2 is 1.93 bits per heavy atom. The van der Waals surface area contributed by atoms with Crippen LogP contribution in [0.2, 0.25) is 0 Å². The maximum Gasteiger partial charge on any atom is 0.223 e. The van der Waals surface area contributed by atoms with Crippen molar-refractivity contribution in [3.8, 4) is 0 Å². The Balaban J connectivity index is 1.53. The zero-order valence-corrected chi connectivity index (χ0v) is 18.1. The molecule has 4 rings (SSSR count). The number of aromatic nitrogens is 2. The minimum Gasteiger partial charge on any atom is -0.334 e. The first kappa shape index (κ1) is 20.4. The van der Waals surface area contributed by atoms with E-state index in [1.165, 1.54) is 44.9 Å². The number of rotatable bonds is 7. The number of hydrogen-bond acceptors (Lipinski definition) is 3. The quantitative estimate of drug-likeness (QED) is 0.698. The van der Waals surface area contributed by atoms with Crippen molar-refractivity contribution in [1.82, 2.24) is 19.4 Å². The van der Waals surface area contributed by atoms with E-state index in [1.54, 1.807) is 0 Å². The molecule has 29 heavy (non-hydrogen) atoms. The van der Waals surface area contributed by atoms with Crippen LogP contribution in [-0.4, -0.2) is 50.9 Å². The third-order valence-electron chi connectivity index (χ3n) is 7.09. The molecule has 1 unspecified atom stereocenters. The van der Waals surface area contributed by atoms with Crippen molar-refractivity contribution < 1.29 is 4.79 Å². The molecule has 158 valence electrons. The summed E-state index contributed by atoms with van der Waals surface area (Å²) in [5, 5.41) is 0. The molecule has 0 bridgehead atoms. The van der Waals surface area contributed by atoms with Crippen molar-refractivity contribution >= 4 is 16.9 Å². The smallest absolute Gasteiger partial charge is 0.223 e. The molecule has 2 aliphatic rings. The molecule has 2 aromatic rings. The van der Waals surface area contributed by atoms with Gasteiger partial charge < -0.3 is 9.47 Å². The first-order chi connectivity index (χ1) is 14.2. The number of benzene rings is 1. The fourth-order valence-corrected chi connectivity index (χ4v) is 5.30. The Bertz CT molecular complexity index is 823. The van der Waals surface area contributed by atoms with Gasteiger partial charge in [-0.1, -0.05) is 38.3 Å². The van der Waals surface area contributed by atoms with Crippen LogP contribution < -0.4 is 0 Å². The van der Waals surface area contributed by atoms with Crippen molar-refractivity contribution in [2.24, 2.45) is 13.0 Å². The molecule has 5 heteroatoms. The Kier molecular flexibility index (Phi) is 6.53. The van der Waals surface area contributed by atoms with Crippen LogP contribution in [0.15, 0.2) is 24.3 Å². The number of carbonyl (C=O) groups excluding carboxylic acids is 1. The number of fused-ring (bicyclic) bond motifs is 1. The lowest BCUT2D eigenvalue weighted by Gasteiger charge is -2.32. The number of carbonyl (C=O) groups is 1. The van der Waals surface area contributed by atoms with Gasteiger partial charge in [0.1, 0.15) is 5.82 Å². The summed E-state index contributed by atoms with van der Waals surface area (Å²) in [4.78, 5) is 22.9. The Labute approximate surface area is 175 Å². The molecule has 0 radical (unpaired) electrons. The van der Waals surface area contributed by atoms with Crippen LogP contribution in [0, 0.1) is 5.92 Å². The third-order valence-corrected chi connectivity index (χ3v) is 7.09. The number of para-hydroxylation sites is 2. The van der Waals surface area contributed by atoms with Gasteiger partial charge in [-0.2, -0.15) is 0 Å². The van der Waals surface area contributed by atoms with Gasteiger partial charge in [-0.05, 0) is 56.8 Å². The summed E-state index contributed by atoms with van der Waals surface area (Å²) in [5.41, 5.74) is 2.15. The number of likely N-dealkylation sites (tertiary alicyclic amines) is 1. The van der Waals surface area contributed by atoms with Crippen LogP contribution in [0.5, 0.6) is 0 Å². The predicted octanol–water partition coefficient (Wildman–Crippen LogP) is 4.36. The van der Waals surface area contributed by atoms with Crippen LogP contribution in [0.4, 0.5) is 0 Å². The zero-order chi connectivity index (χ0) is 20.2. The molecule has 1 amide bonds. The second kappa shape index (κ2) is 9.29. The van der Waals surface area contributed by atoms with Gasteiger partial charge in [-0.3, -0.25) is 9.69 Å². The van der Waals surface area contributed by atoms with E-state index in [0.29, 0.717) is 30.8 Å². The molecule has 2 fully saturated rings. The van der Waals surface area contributed by atoms with Gasteiger partial charge in [0.25, 0.3) is 0 Å². The molecule has 1 aliphatic carbocycles. The molecule has 1 aromatic carbocycles. The van der Waals surface area contributed by atoms with Crippen LogP contribution in [0.1, 0.15) is 64.1 Å². The molecular weight excluding hydrogens is 360 g/mol. The van der Waals surface area contributed by atoms with E-state index >= 15 is 0 Å². The normalized spacial score (nSPS) is 21.1. The molecule has 2 heterocycles. The molecule has 1 saturated heterocycles. The molecule has 1 saturated carbocycles. The average molecular weight is 397 g/mol. The lowest BCUT2D eigenvalue weighted by molar-refractivity contribution is -0.134. The number of likely N-dealkylation sites (N-methyl/N-ethyl adjacent to an activating group) is 1. The number of aryl methyl sites for hydroxylation is 1. The molecule has 1 atom stereocenters. The van der Waals surface area contributed by atoms with Crippen LogP contribution in [0.3, 0.4) is 0 Å². The number of amides is 1. The fourth-order valence-electron chi connectivity index (χ4n) is 5.30. The monoisotopic (exact) mass is 396 g/mol. The highest BCUT2D eigenvalue weighted by Crippen LogP contribution is 2.28. The molecule has 0 spiro atoms. The van der Waals surface area contributed by atoms with Crippen LogP contribution >= 0.6 is 0 Å². The van der Waals surface area contributed by atoms with E-state index in [9.17, 15) is 4.79 Å². The zero-order valence-electron chi connectivity index (χ0n) is 18.1. The van der Waals surface area contributed by atoms with Gasteiger partial charge in [0, 0.05) is 26.1 Å². The van der Waals surface area contributed by atoms with Crippen molar-refractivity contribution in [3.05, 3.63) is 30.1 Å². The van der Waals surface area contributed by atoms with Crippen LogP contribution in [-0.2, 0) is 18.4 Å². The highest BCUT2D eigenvalue weighted by molar-refractivity contribution is 5.77. The molecular formula is C24H36N4O. The van der Waals surface area contributed by atoms with E-state index < -0.39 is 0 Å². The van der Waals surface area contributed by atoms with Gasteiger partial charge >= 0.3 is 0 Å². The largest absolute Gasteiger partial charge is 0.334 e. The van der Waals surface area contributed by atoms with Crippen molar-refractivity contribution in [3.63, 3.8) is 0 Å². The van der Waals surface area contributed by atoms with E-state index in [1.807, 2.05) is 6.07 Å².